The highest BCUT2D eigenvalue weighted by molar-refractivity contribution is 7.90. The van der Waals surface area contributed by atoms with Gasteiger partial charge in [0.05, 0.1) is 10.6 Å². The van der Waals surface area contributed by atoms with E-state index in [1.807, 2.05) is 0 Å². The average molecular weight is 350 g/mol. The van der Waals surface area contributed by atoms with Crippen molar-refractivity contribution in [1.29, 1.82) is 0 Å². The zero-order valence-corrected chi connectivity index (χ0v) is 14.2. The minimum Gasteiger partial charge on any atom is -0.389 e. The quantitative estimate of drug-likeness (QED) is 0.543. The number of aryl methyl sites for hydroxylation is 1. The lowest BCUT2D eigenvalue weighted by atomic mass is 10.1. The lowest BCUT2D eigenvalue weighted by Crippen LogP contribution is -2.26. The van der Waals surface area contributed by atoms with Crippen LogP contribution in [0.1, 0.15) is 17.5 Å². The molecule has 0 saturated heterocycles. The Bertz CT molecular complexity index is 740. The van der Waals surface area contributed by atoms with E-state index in [2.05, 4.69) is 4.72 Å². The van der Waals surface area contributed by atoms with Crippen LogP contribution in [-0.4, -0.2) is 40.4 Å². The maximum atomic E-state index is 12.1. The van der Waals surface area contributed by atoms with Gasteiger partial charge < -0.3 is 5.73 Å². The number of benzene rings is 1. The molecule has 0 bridgehead atoms. The standard InChI is InChI=1S/C12H18N2O4S3/c1-9-8-10(4-5-11(9)12(13)19)21(17,18)14-6-3-7-20(2,15)16/h4-5,8,14H,3,6-7H2,1-2H3,(H2,13,19). The molecule has 1 aromatic carbocycles. The van der Waals surface area contributed by atoms with Crippen LogP contribution in [0.4, 0.5) is 0 Å². The molecular weight excluding hydrogens is 332 g/mol. The topological polar surface area (TPSA) is 106 Å². The predicted molar refractivity (Wildman–Crippen MR) is 86.6 cm³/mol. The van der Waals surface area contributed by atoms with Gasteiger partial charge in [0.15, 0.2) is 0 Å². The molecule has 0 unspecified atom stereocenters. The van der Waals surface area contributed by atoms with Crippen LogP contribution in [0, 0.1) is 6.92 Å². The number of hydrogen-bond acceptors (Lipinski definition) is 5. The van der Waals surface area contributed by atoms with Gasteiger partial charge in [-0.1, -0.05) is 18.3 Å². The fourth-order valence-corrected chi connectivity index (χ4v) is 3.76. The molecule has 1 aromatic rings. The second-order valence-electron chi connectivity index (χ2n) is 4.72. The van der Waals surface area contributed by atoms with Crippen LogP contribution in [-0.2, 0) is 19.9 Å². The normalized spacial score (nSPS) is 12.3. The molecule has 0 atom stereocenters. The molecular formula is C12H18N2O4S3. The molecule has 3 N–H and O–H groups in total. The van der Waals surface area contributed by atoms with Gasteiger partial charge in [0, 0.05) is 18.4 Å². The zero-order chi connectivity index (χ0) is 16.3. The van der Waals surface area contributed by atoms with Crippen LogP contribution < -0.4 is 10.5 Å². The molecule has 21 heavy (non-hydrogen) atoms. The summed E-state index contributed by atoms with van der Waals surface area (Å²) in [6.07, 6.45) is 1.33. The van der Waals surface area contributed by atoms with Gasteiger partial charge in [-0.3, -0.25) is 0 Å². The molecule has 0 amide bonds. The fourth-order valence-electron chi connectivity index (χ4n) is 1.70. The van der Waals surface area contributed by atoms with Crippen molar-refractivity contribution in [2.75, 3.05) is 18.6 Å². The van der Waals surface area contributed by atoms with Gasteiger partial charge in [-0.15, -0.1) is 0 Å². The summed E-state index contributed by atoms with van der Waals surface area (Å²) in [5, 5.41) is 0. The molecule has 0 radical (unpaired) electrons. The van der Waals surface area contributed by atoms with Crippen molar-refractivity contribution in [1.82, 2.24) is 4.72 Å². The molecule has 0 aliphatic heterocycles. The number of sulfone groups is 1. The molecule has 0 fully saturated rings. The van der Waals surface area contributed by atoms with Gasteiger partial charge in [-0.25, -0.2) is 21.6 Å². The van der Waals surface area contributed by atoms with Crippen LogP contribution in [0.25, 0.3) is 0 Å². The molecule has 0 spiro atoms. The first kappa shape index (κ1) is 18.0. The van der Waals surface area contributed by atoms with Gasteiger partial charge in [0.1, 0.15) is 14.8 Å². The lowest BCUT2D eigenvalue weighted by molar-refractivity contribution is 0.577. The first-order valence-electron chi connectivity index (χ1n) is 6.11. The third kappa shape index (κ3) is 5.70. The fraction of sp³-hybridized carbons (Fsp3) is 0.417. The Morgan fingerprint density at radius 2 is 1.90 bits per heavy atom. The van der Waals surface area contributed by atoms with Crippen LogP contribution in [0.15, 0.2) is 23.1 Å². The van der Waals surface area contributed by atoms with Gasteiger partial charge in [0.2, 0.25) is 10.0 Å². The summed E-state index contributed by atoms with van der Waals surface area (Å²) < 4.78 is 48.4. The number of thiocarbonyl (C=S) groups is 1. The van der Waals surface area contributed by atoms with E-state index in [1.165, 1.54) is 12.1 Å². The minimum atomic E-state index is -3.67. The number of rotatable bonds is 7. The molecule has 0 aliphatic rings. The monoisotopic (exact) mass is 350 g/mol. The SMILES string of the molecule is Cc1cc(S(=O)(=O)NCCCS(C)(=O)=O)ccc1C(N)=S. The summed E-state index contributed by atoms with van der Waals surface area (Å²) in [5.41, 5.74) is 6.82. The summed E-state index contributed by atoms with van der Waals surface area (Å²) >= 11 is 4.86. The highest BCUT2D eigenvalue weighted by Gasteiger charge is 2.15. The van der Waals surface area contributed by atoms with E-state index in [4.69, 9.17) is 18.0 Å². The van der Waals surface area contributed by atoms with Crippen molar-refractivity contribution < 1.29 is 16.8 Å². The number of sulfonamides is 1. The maximum absolute atomic E-state index is 12.1. The van der Waals surface area contributed by atoms with Crippen molar-refractivity contribution >= 4 is 37.1 Å². The molecule has 6 nitrogen and oxygen atoms in total. The van der Waals surface area contributed by atoms with Crippen LogP contribution >= 0.6 is 12.2 Å². The Morgan fingerprint density at radius 1 is 1.29 bits per heavy atom. The number of hydrogen-bond donors (Lipinski definition) is 2. The van der Waals surface area contributed by atoms with Crippen molar-refractivity contribution in [2.45, 2.75) is 18.2 Å². The van der Waals surface area contributed by atoms with Crippen molar-refractivity contribution in [3.8, 4) is 0 Å². The molecule has 0 saturated carbocycles. The summed E-state index contributed by atoms with van der Waals surface area (Å²) in [6, 6.07) is 4.45. The maximum Gasteiger partial charge on any atom is 0.240 e. The van der Waals surface area contributed by atoms with Crippen molar-refractivity contribution in [2.24, 2.45) is 5.73 Å². The van der Waals surface area contributed by atoms with Gasteiger partial charge in [0.25, 0.3) is 0 Å². The third-order valence-electron chi connectivity index (χ3n) is 2.76. The Balaban J connectivity index is 2.79. The Kier molecular flexibility index (Phi) is 5.85. The third-order valence-corrected chi connectivity index (χ3v) is 5.47. The molecule has 9 heteroatoms. The highest BCUT2D eigenvalue weighted by Crippen LogP contribution is 2.15. The van der Waals surface area contributed by atoms with Crippen LogP contribution in [0.3, 0.4) is 0 Å². The molecule has 0 aromatic heterocycles. The van der Waals surface area contributed by atoms with E-state index in [9.17, 15) is 16.8 Å². The van der Waals surface area contributed by atoms with Gasteiger partial charge in [-0.2, -0.15) is 0 Å². The van der Waals surface area contributed by atoms with E-state index in [-0.39, 0.29) is 28.6 Å². The summed E-state index contributed by atoms with van der Waals surface area (Å²) in [5.74, 6) is -0.0606. The molecule has 1 rings (SSSR count). The number of nitrogens with one attached hydrogen (secondary N) is 1. The first-order chi connectivity index (χ1) is 9.53. The lowest BCUT2D eigenvalue weighted by Gasteiger charge is -2.09. The van der Waals surface area contributed by atoms with Crippen molar-refractivity contribution in [3.05, 3.63) is 29.3 Å². The highest BCUT2D eigenvalue weighted by atomic mass is 32.2. The minimum absolute atomic E-state index is 0.0606. The van der Waals surface area contributed by atoms with E-state index in [0.29, 0.717) is 11.1 Å². The summed E-state index contributed by atoms with van der Waals surface area (Å²) in [4.78, 5) is 0.303. The van der Waals surface area contributed by atoms with Gasteiger partial charge in [-0.05, 0) is 31.0 Å². The Hall–Kier alpha value is -1.03. The van der Waals surface area contributed by atoms with Crippen molar-refractivity contribution in [3.63, 3.8) is 0 Å². The first-order valence-corrected chi connectivity index (χ1v) is 10.1. The molecule has 118 valence electrons. The Morgan fingerprint density at radius 3 is 2.38 bits per heavy atom. The summed E-state index contributed by atoms with van der Waals surface area (Å²) in [7, 11) is -6.76. The smallest absolute Gasteiger partial charge is 0.240 e. The molecule has 0 aliphatic carbocycles. The Labute approximate surface area is 130 Å². The van der Waals surface area contributed by atoms with E-state index in [0.717, 1.165) is 6.26 Å². The largest absolute Gasteiger partial charge is 0.389 e. The van der Waals surface area contributed by atoms with E-state index in [1.54, 1.807) is 13.0 Å². The van der Waals surface area contributed by atoms with E-state index < -0.39 is 19.9 Å². The van der Waals surface area contributed by atoms with Crippen LogP contribution in [0.5, 0.6) is 0 Å². The second-order valence-corrected chi connectivity index (χ2v) is 9.19. The molecule has 0 heterocycles. The van der Waals surface area contributed by atoms with Crippen LogP contribution in [0.2, 0.25) is 0 Å². The van der Waals surface area contributed by atoms with E-state index >= 15 is 0 Å². The second kappa shape index (κ2) is 6.82. The predicted octanol–water partition coefficient (Wildman–Crippen LogP) is 0.342. The van der Waals surface area contributed by atoms with Gasteiger partial charge >= 0.3 is 0 Å². The summed E-state index contributed by atoms with van der Waals surface area (Å²) in [6.45, 7) is 1.78. The zero-order valence-electron chi connectivity index (χ0n) is 11.8. The number of nitrogens with two attached hydrogens (primary N) is 1. The average Bonchev–Trinajstić information content (AvgIpc) is 2.33.